The third-order valence-corrected chi connectivity index (χ3v) is 4.27. The molecule has 26 heavy (non-hydrogen) atoms. The van der Waals surface area contributed by atoms with Crippen LogP contribution in [0.4, 0.5) is 4.39 Å². The third kappa shape index (κ3) is 3.73. The number of unbranched alkanes of at least 4 members (excludes halogenated alkanes) is 1. The first-order chi connectivity index (χ1) is 12.6. The molecule has 0 saturated carbocycles. The monoisotopic (exact) mass is 347 g/mol. The Hall–Kier alpha value is -3.19. The van der Waals surface area contributed by atoms with Crippen molar-refractivity contribution >= 4 is 16.7 Å². The highest BCUT2D eigenvalue weighted by Crippen LogP contribution is 2.25. The van der Waals surface area contributed by atoms with Crippen LogP contribution in [-0.2, 0) is 6.42 Å². The lowest BCUT2D eigenvalue weighted by Gasteiger charge is -2.07. The van der Waals surface area contributed by atoms with Crippen LogP contribution in [0.5, 0.6) is 5.75 Å². The first kappa shape index (κ1) is 17.6. The van der Waals surface area contributed by atoms with Gasteiger partial charge in [-0.05, 0) is 60.2 Å². The molecule has 3 aromatic rings. The fraction of sp³-hybridized carbons (Fsp3) is 0.182. The number of carbonyl (C=O) groups is 1. The highest BCUT2D eigenvalue weighted by atomic mass is 19.1. The van der Waals surface area contributed by atoms with E-state index in [-0.39, 0.29) is 5.56 Å². The van der Waals surface area contributed by atoms with Crippen LogP contribution in [0.3, 0.4) is 0 Å². The highest BCUT2D eigenvalue weighted by molar-refractivity contribution is 5.92. The predicted molar refractivity (Wildman–Crippen MR) is 98.6 cm³/mol. The molecular formula is C22H18FNO2. The zero-order chi connectivity index (χ0) is 18.5. The summed E-state index contributed by atoms with van der Waals surface area (Å²) in [5, 5.41) is 9.78. The molecule has 0 atom stereocenters. The van der Waals surface area contributed by atoms with Gasteiger partial charge in [-0.15, -0.1) is 0 Å². The van der Waals surface area contributed by atoms with Crippen LogP contribution in [0.1, 0.15) is 41.3 Å². The molecule has 0 aliphatic rings. The second kappa shape index (κ2) is 7.79. The number of aryl methyl sites for hydroxylation is 1. The van der Waals surface area contributed by atoms with Crippen LogP contribution < -0.4 is 4.74 Å². The first-order valence-electron chi connectivity index (χ1n) is 8.56. The Morgan fingerprint density at radius 2 is 1.88 bits per heavy atom. The molecule has 0 bridgehead atoms. The molecule has 130 valence electrons. The summed E-state index contributed by atoms with van der Waals surface area (Å²) >= 11 is 0. The number of carbonyl (C=O) groups excluding carboxylic acids is 1. The summed E-state index contributed by atoms with van der Waals surface area (Å²) in [4.78, 5) is 12.3. The fourth-order valence-corrected chi connectivity index (χ4v) is 2.77. The van der Waals surface area contributed by atoms with Crippen LogP contribution in [0.2, 0.25) is 0 Å². The minimum Gasteiger partial charge on any atom is -0.423 e. The minimum atomic E-state index is -0.564. The lowest BCUT2D eigenvalue weighted by atomic mass is 10.1. The molecule has 0 unspecified atom stereocenters. The number of halogens is 1. The van der Waals surface area contributed by atoms with Crippen LogP contribution >= 0.6 is 0 Å². The van der Waals surface area contributed by atoms with Crippen molar-refractivity contribution in [2.24, 2.45) is 0 Å². The maximum absolute atomic E-state index is 14.1. The van der Waals surface area contributed by atoms with E-state index in [4.69, 9.17) is 10.00 Å². The van der Waals surface area contributed by atoms with E-state index in [0.717, 1.165) is 19.3 Å². The highest BCUT2D eigenvalue weighted by Gasteiger charge is 2.11. The summed E-state index contributed by atoms with van der Waals surface area (Å²) in [7, 11) is 0. The number of nitriles is 1. The first-order valence-corrected chi connectivity index (χ1v) is 8.56. The van der Waals surface area contributed by atoms with Gasteiger partial charge in [0.1, 0.15) is 17.6 Å². The molecule has 0 fully saturated rings. The van der Waals surface area contributed by atoms with E-state index in [9.17, 15) is 9.18 Å². The Balaban J connectivity index is 1.78. The molecule has 0 saturated heterocycles. The van der Waals surface area contributed by atoms with Crippen molar-refractivity contribution in [3.63, 3.8) is 0 Å². The van der Waals surface area contributed by atoms with E-state index in [2.05, 4.69) is 6.92 Å². The standard InChI is InChI=1S/C22H18FNO2/c1-2-3-4-15-5-7-16(8-6-15)22(25)26-19-11-12-20-17(13-19)9-10-18(14-24)21(20)23/h5-13H,2-4H2,1H3. The average molecular weight is 347 g/mol. The van der Waals surface area contributed by atoms with Crippen molar-refractivity contribution in [3.05, 3.63) is 77.1 Å². The van der Waals surface area contributed by atoms with Crippen molar-refractivity contribution in [3.8, 4) is 11.8 Å². The van der Waals surface area contributed by atoms with Gasteiger partial charge in [-0.25, -0.2) is 9.18 Å². The zero-order valence-corrected chi connectivity index (χ0v) is 14.5. The van der Waals surface area contributed by atoms with Crippen molar-refractivity contribution in [1.29, 1.82) is 5.26 Å². The number of benzene rings is 3. The summed E-state index contributed by atoms with van der Waals surface area (Å²) in [5.41, 5.74) is 1.65. The van der Waals surface area contributed by atoms with Gasteiger partial charge in [-0.3, -0.25) is 0 Å². The summed E-state index contributed by atoms with van der Waals surface area (Å²) < 4.78 is 19.5. The Morgan fingerprint density at radius 3 is 2.58 bits per heavy atom. The fourth-order valence-electron chi connectivity index (χ4n) is 2.77. The van der Waals surface area contributed by atoms with E-state index >= 15 is 0 Å². The van der Waals surface area contributed by atoms with E-state index in [1.807, 2.05) is 18.2 Å². The summed E-state index contributed by atoms with van der Waals surface area (Å²) in [6.45, 7) is 2.14. The average Bonchev–Trinajstić information content (AvgIpc) is 2.67. The van der Waals surface area contributed by atoms with Gasteiger partial charge in [0.15, 0.2) is 0 Å². The molecule has 0 spiro atoms. The van der Waals surface area contributed by atoms with Crippen LogP contribution in [0.25, 0.3) is 10.8 Å². The van der Waals surface area contributed by atoms with Crippen molar-refractivity contribution < 1.29 is 13.9 Å². The quantitative estimate of drug-likeness (QED) is 0.458. The zero-order valence-electron chi connectivity index (χ0n) is 14.5. The Bertz CT molecular complexity index is 987. The maximum atomic E-state index is 14.1. The molecule has 0 N–H and O–H groups in total. The summed E-state index contributed by atoms with van der Waals surface area (Å²) in [5.74, 6) is -0.687. The van der Waals surface area contributed by atoms with Crippen molar-refractivity contribution in [2.45, 2.75) is 26.2 Å². The second-order valence-electron chi connectivity index (χ2n) is 6.11. The number of esters is 1. The number of rotatable bonds is 5. The summed E-state index contributed by atoms with van der Waals surface area (Å²) in [6.07, 6.45) is 3.24. The van der Waals surface area contributed by atoms with Gasteiger partial charge in [-0.1, -0.05) is 31.5 Å². The molecule has 0 radical (unpaired) electrons. The maximum Gasteiger partial charge on any atom is 0.343 e. The Kier molecular flexibility index (Phi) is 5.28. The van der Waals surface area contributed by atoms with Gasteiger partial charge in [0.25, 0.3) is 0 Å². The van der Waals surface area contributed by atoms with Crippen LogP contribution in [0, 0.1) is 17.1 Å². The molecular weight excluding hydrogens is 329 g/mol. The molecule has 0 aliphatic carbocycles. The molecule has 0 aromatic heterocycles. The topological polar surface area (TPSA) is 50.1 Å². The largest absolute Gasteiger partial charge is 0.423 e. The van der Waals surface area contributed by atoms with E-state index in [1.54, 1.807) is 24.3 Å². The van der Waals surface area contributed by atoms with E-state index < -0.39 is 11.8 Å². The van der Waals surface area contributed by atoms with Gasteiger partial charge in [0.05, 0.1) is 11.1 Å². The summed E-state index contributed by atoms with van der Waals surface area (Å²) in [6, 6.07) is 16.9. The predicted octanol–water partition coefficient (Wildman–Crippen LogP) is 5.41. The van der Waals surface area contributed by atoms with Gasteiger partial charge >= 0.3 is 5.97 Å². The van der Waals surface area contributed by atoms with Gasteiger partial charge in [0.2, 0.25) is 0 Å². The molecule has 3 aromatic carbocycles. The van der Waals surface area contributed by atoms with Gasteiger partial charge in [0, 0.05) is 5.39 Å². The van der Waals surface area contributed by atoms with E-state index in [1.165, 1.54) is 23.8 Å². The third-order valence-electron chi connectivity index (χ3n) is 4.27. The second-order valence-corrected chi connectivity index (χ2v) is 6.11. The molecule has 0 amide bonds. The Labute approximate surface area is 151 Å². The van der Waals surface area contributed by atoms with Crippen LogP contribution in [-0.4, -0.2) is 5.97 Å². The molecule has 3 nitrogen and oxygen atoms in total. The number of fused-ring (bicyclic) bond motifs is 1. The SMILES string of the molecule is CCCCc1ccc(C(=O)Oc2ccc3c(F)c(C#N)ccc3c2)cc1. The van der Waals surface area contributed by atoms with E-state index in [0.29, 0.717) is 22.1 Å². The number of hydrogen-bond acceptors (Lipinski definition) is 3. The molecule has 0 heterocycles. The number of nitrogens with zero attached hydrogens (tertiary/aromatic N) is 1. The Morgan fingerprint density at radius 1 is 1.12 bits per heavy atom. The smallest absolute Gasteiger partial charge is 0.343 e. The van der Waals surface area contributed by atoms with Gasteiger partial charge in [-0.2, -0.15) is 5.26 Å². The normalized spacial score (nSPS) is 10.5. The lowest BCUT2D eigenvalue weighted by Crippen LogP contribution is -2.08. The van der Waals surface area contributed by atoms with Gasteiger partial charge < -0.3 is 4.74 Å². The number of hydrogen-bond donors (Lipinski definition) is 0. The van der Waals surface area contributed by atoms with Crippen molar-refractivity contribution in [2.75, 3.05) is 0 Å². The minimum absolute atomic E-state index is 0.00888. The van der Waals surface area contributed by atoms with Crippen LogP contribution in [0.15, 0.2) is 54.6 Å². The molecule has 4 heteroatoms. The van der Waals surface area contributed by atoms with Crippen molar-refractivity contribution in [1.82, 2.24) is 0 Å². The molecule has 3 rings (SSSR count). The molecule has 0 aliphatic heterocycles. The number of ether oxygens (including phenoxy) is 1. The lowest BCUT2D eigenvalue weighted by molar-refractivity contribution is 0.0735.